The molecule has 122 valence electrons. The average molecular weight is 307 g/mol. The Labute approximate surface area is 130 Å². The molecule has 0 bridgehead atoms. The maximum Gasteiger partial charge on any atom is 0.136 e. The van der Waals surface area contributed by atoms with Crippen molar-refractivity contribution in [1.29, 1.82) is 0 Å². The summed E-state index contributed by atoms with van der Waals surface area (Å²) >= 11 is 0. The van der Waals surface area contributed by atoms with Gasteiger partial charge in [0.2, 0.25) is 0 Å². The maximum atomic E-state index is 10.5. The molecule has 0 fully saturated rings. The van der Waals surface area contributed by atoms with Crippen LogP contribution in [0.3, 0.4) is 0 Å². The summed E-state index contributed by atoms with van der Waals surface area (Å²) in [4.78, 5) is 0. The number of hydrogen-bond acceptors (Lipinski definition) is 5. The predicted molar refractivity (Wildman–Crippen MR) is 83.5 cm³/mol. The van der Waals surface area contributed by atoms with Crippen molar-refractivity contribution in [2.75, 3.05) is 13.2 Å². The third-order valence-electron chi connectivity index (χ3n) is 3.89. The molecule has 0 amide bonds. The second-order valence-corrected chi connectivity index (χ2v) is 5.88. The average Bonchev–Trinajstić information content (AvgIpc) is 2.99. The van der Waals surface area contributed by atoms with Crippen LogP contribution in [0.25, 0.3) is 0 Å². The second-order valence-electron chi connectivity index (χ2n) is 5.88. The van der Waals surface area contributed by atoms with Crippen molar-refractivity contribution in [2.45, 2.75) is 46.4 Å². The molecule has 2 rings (SSSR count). The van der Waals surface area contributed by atoms with Gasteiger partial charge in [-0.2, -0.15) is 5.10 Å². The molecule has 6 heteroatoms. The molecule has 0 radical (unpaired) electrons. The summed E-state index contributed by atoms with van der Waals surface area (Å²) in [6.07, 6.45) is 0. The topological polar surface area (TPSA) is 83.5 Å². The molecule has 2 aromatic rings. The minimum absolute atomic E-state index is 0.0708. The lowest BCUT2D eigenvalue weighted by Gasteiger charge is -2.21. The van der Waals surface area contributed by atoms with E-state index in [4.69, 9.17) is 9.52 Å². The molecule has 2 aromatic heterocycles. The normalized spacial score (nSPS) is 14.3. The van der Waals surface area contributed by atoms with Crippen LogP contribution >= 0.6 is 0 Å². The lowest BCUT2D eigenvalue weighted by atomic mass is 10.0. The molecule has 0 aliphatic heterocycles. The van der Waals surface area contributed by atoms with Gasteiger partial charge >= 0.3 is 0 Å². The Kier molecular flexibility index (Phi) is 5.05. The fraction of sp³-hybridized carbons (Fsp3) is 0.562. The molecule has 22 heavy (non-hydrogen) atoms. The molecule has 1 unspecified atom stereocenters. The van der Waals surface area contributed by atoms with Crippen molar-refractivity contribution >= 4 is 0 Å². The highest BCUT2D eigenvalue weighted by Crippen LogP contribution is 2.22. The molecule has 0 spiro atoms. The summed E-state index contributed by atoms with van der Waals surface area (Å²) in [6, 6.07) is 3.64. The van der Waals surface area contributed by atoms with Gasteiger partial charge in [-0.25, -0.2) is 0 Å². The van der Waals surface area contributed by atoms with Gasteiger partial charge < -0.3 is 19.9 Å². The van der Waals surface area contributed by atoms with Crippen LogP contribution in [0.4, 0.5) is 0 Å². The van der Waals surface area contributed by atoms with Crippen LogP contribution in [0.15, 0.2) is 16.5 Å². The number of aliphatic hydroxyl groups is 2. The summed E-state index contributed by atoms with van der Waals surface area (Å²) in [7, 11) is 0. The smallest absolute Gasteiger partial charge is 0.136 e. The van der Waals surface area contributed by atoms with E-state index in [-0.39, 0.29) is 6.61 Å². The highest BCUT2D eigenvalue weighted by molar-refractivity contribution is 5.24. The van der Waals surface area contributed by atoms with Crippen LogP contribution in [-0.2, 0) is 18.7 Å². The van der Waals surface area contributed by atoms with Gasteiger partial charge in [-0.1, -0.05) is 0 Å². The van der Waals surface area contributed by atoms with Crippen molar-refractivity contribution in [3.05, 3.63) is 40.6 Å². The Morgan fingerprint density at radius 3 is 2.64 bits per heavy atom. The van der Waals surface area contributed by atoms with Crippen LogP contribution in [-0.4, -0.2) is 33.1 Å². The Morgan fingerprint density at radius 1 is 1.32 bits per heavy atom. The summed E-state index contributed by atoms with van der Waals surface area (Å²) < 4.78 is 7.31. The summed E-state index contributed by atoms with van der Waals surface area (Å²) in [5, 5.41) is 27.2. The Balaban J connectivity index is 1.99. The lowest BCUT2D eigenvalue weighted by molar-refractivity contribution is 0.0332. The molecule has 0 aromatic carbocycles. The molecule has 1 atom stereocenters. The minimum Gasteiger partial charge on any atom is -0.463 e. The molecule has 0 aliphatic carbocycles. The van der Waals surface area contributed by atoms with Gasteiger partial charge in [-0.15, -0.1) is 0 Å². The van der Waals surface area contributed by atoms with E-state index in [0.29, 0.717) is 25.4 Å². The molecular formula is C16H25N3O3. The highest BCUT2D eigenvalue weighted by atomic mass is 16.4. The van der Waals surface area contributed by atoms with E-state index in [1.165, 1.54) is 0 Å². The fourth-order valence-corrected chi connectivity index (χ4v) is 2.54. The summed E-state index contributed by atoms with van der Waals surface area (Å²) in [6.45, 7) is 9.08. The number of hydrogen-bond donors (Lipinski definition) is 3. The van der Waals surface area contributed by atoms with Crippen molar-refractivity contribution < 1.29 is 14.6 Å². The van der Waals surface area contributed by atoms with Crippen molar-refractivity contribution in [2.24, 2.45) is 0 Å². The van der Waals surface area contributed by atoms with E-state index in [2.05, 4.69) is 10.4 Å². The number of aliphatic hydroxyl groups excluding tert-OH is 1. The van der Waals surface area contributed by atoms with E-state index in [0.717, 1.165) is 22.7 Å². The monoisotopic (exact) mass is 307 g/mol. The lowest BCUT2D eigenvalue weighted by Crippen LogP contribution is -2.35. The maximum absolute atomic E-state index is 10.5. The first-order valence-corrected chi connectivity index (χ1v) is 7.49. The Bertz CT molecular complexity index is 629. The zero-order chi connectivity index (χ0) is 16.3. The molecule has 6 nitrogen and oxygen atoms in total. The van der Waals surface area contributed by atoms with Gasteiger partial charge in [0.15, 0.2) is 0 Å². The first-order chi connectivity index (χ1) is 10.3. The largest absolute Gasteiger partial charge is 0.463 e. The van der Waals surface area contributed by atoms with Crippen LogP contribution in [0.5, 0.6) is 0 Å². The van der Waals surface area contributed by atoms with Gasteiger partial charge in [0.05, 0.1) is 18.8 Å². The van der Waals surface area contributed by atoms with Gasteiger partial charge in [-0.05, 0) is 39.8 Å². The summed E-state index contributed by atoms with van der Waals surface area (Å²) in [5.41, 5.74) is 2.01. The number of furan rings is 1. The molecule has 0 saturated heterocycles. The van der Waals surface area contributed by atoms with Crippen LogP contribution in [0.1, 0.15) is 35.4 Å². The molecular weight excluding hydrogens is 282 g/mol. The van der Waals surface area contributed by atoms with Gasteiger partial charge in [0, 0.05) is 24.3 Å². The van der Waals surface area contributed by atoms with Crippen LogP contribution < -0.4 is 5.32 Å². The highest BCUT2D eigenvalue weighted by Gasteiger charge is 2.26. The second kappa shape index (κ2) is 6.64. The third-order valence-corrected chi connectivity index (χ3v) is 3.89. The standard InChI is InChI=1S/C16H25N3O3/c1-11-5-6-15(22-11)16(4,21)10-17-9-14-12(2)18-19(7-8-20)13(14)3/h5-6,17,20-21H,7-10H2,1-4H3. The first-order valence-electron chi connectivity index (χ1n) is 7.49. The van der Waals surface area contributed by atoms with Crippen LogP contribution in [0, 0.1) is 20.8 Å². The molecule has 2 heterocycles. The fourth-order valence-electron chi connectivity index (χ4n) is 2.54. The van der Waals surface area contributed by atoms with Crippen molar-refractivity contribution in [1.82, 2.24) is 15.1 Å². The predicted octanol–water partition coefficient (Wildman–Crippen LogP) is 1.39. The van der Waals surface area contributed by atoms with Crippen LogP contribution in [0.2, 0.25) is 0 Å². The first kappa shape index (κ1) is 16.7. The van der Waals surface area contributed by atoms with E-state index in [1.807, 2.05) is 26.8 Å². The minimum atomic E-state index is -1.06. The van der Waals surface area contributed by atoms with Crippen molar-refractivity contribution in [3.8, 4) is 0 Å². The number of aryl methyl sites for hydroxylation is 2. The quantitative estimate of drug-likeness (QED) is 0.720. The summed E-state index contributed by atoms with van der Waals surface area (Å²) in [5.74, 6) is 1.34. The van der Waals surface area contributed by atoms with Crippen molar-refractivity contribution in [3.63, 3.8) is 0 Å². The SMILES string of the molecule is Cc1ccc(C(C)(O)CNCc2c(C)nn(CCO)c2C)o1. The third kappa shape index (κ3) is 3.58. The zero-order valence-corrected chi connectivity index (χ0v) is 13.7. The van der Waals surface area contributed by atoms with Gasteiger partial charge in [0.25, 0.3) is 0 Å². The van der Waals surface area contributed by atoms with Gasteiger partial charge in [0.1, 0.15) is 17.1 Å². The zero-order valence-electron chi connectivity index (χ0n) is 13.7. The Hall–Kier alpha value is -1.63. The molecule has 3 N–H and O–H groups in total. The Morgan fingerprint density at radius 2 is 2.05 bits per heavy atom. The number of rotatable bonds is 7. The van der Waals surface area contributed by atoms with E-state index in [1.54, 1.807) is 17.7 Å². The van der Waals surface area contributed by atoms with E-state index in [9.17, 15) is 5.11 Å². The number of nitrogens with zero attached hydrogens (tertiary/aromatic N) is 2. The molecule has 0 aliphatic rings. The molecule has 0 saturated carbocycles. The number of nitrogens with one attached hydrogen (secondary N) is 1. The van der Waals surface area contributed by atoms with E-state index < -0.39 is 5.60 Å². The van der Waals surface area contributed by atoms with Gasteiger partial charge in [-0.3, -0.25) is 4.68 Å². The number of aromatic nitrogens is 2. The van der Waals surface area contributed by atoms with E-state index >= 15 is 0 Å².